The first kappa shape index (κ1) is 10.3. The normalized spacial score (nSPS) is 12.4. The van der Waals surface area contributed by atoms with E-state index in [1.807, 2.05) is 6.92 Å². The fourth-order valence-electron chi connectivity index (χ4n) is 0.336. The third-order valence-corrected chi connectivity index (χ3v) is 5.73. The molecular formula is C6H14O2S2. The van der Waals surface area contributed by atoms with Gasteiger partial charge in [-0.2, -0.15) is 0 Å². The molecule has 0 aromatic heterocycles. The zero-order valence-corrected chi connectivity index (χ0v) is 8.26. The smallest absolute Gasteiger partial charge is 0.203 e. The second-order valence-corrected chi connectivity index (χ2v) is 7.04. The Kier molecular flexibility index (Phi) is 4.36. The molecule has 0 spiro atoms. The molecule has 0 saturated heterocycles. The second kappa shape index (κ2) is 4.23. The molecule has 0 saturated carbocycles. The van der Waals surface area contributed by atoms with Crippen LogP contribution in [0.2, 0.25) is 0 Å². The second-order valence-electron chi connectivity index (χ2n) is 2.36. The van der Waals surface area contributed by atoms with Crippen LogP contribution in [0.25, 0.3) is 0 Å². The fraction of sp³-hybridized carbons (Fsp3) is 1.00. The molecule has 0 atom stereocenters. The van der Waals surface area contributed by atoms with Gasteiger partial charge in [0.25, 0.3) is 0 Å². The molecule has 0 N–H and O–H groups in total. The highest BCUT2D eigenvalue weighted by molar-refractivity contribution is 8.72. The topological polar surface area (TPSA) is 34.1 Å². The number of hydrogen-bond acceptors (Lipinski definition) is 3. The van der Waals surface area contributed by atoms with E-state index in [1.165, 1.54) is 0 Å². The van der Waals surface area contributed by atoms with Gasteiger partial charge >= 0.3 is 0 Å². The summed E-state index contributed by atoms with van der Waals surface area (Å²) < 4.78 is 22.1. The van der Waals surface area contributed by atoms with Crippen molar-refractivity contribution in [2.75, 3.05) is 5.75 Å². The zero-order chi connectivity index (χ0) is 8.20. The fourth-order valence-corrected chi connectivity index (χ4v) is 3.02. The first-order valence-electron chi connectivity index (χ1n) is 3.39. The maximum Gasteiger partial charge on any atom is 0.203 e. The standard InChI is InChI=1S/C6H14O2S2/c1-4-5-9-10(7,8)6(2)3/h6H,4-5H2,1-3H3. The lowest BCUT2D eigenvalue weighted by Gasteiger charge is -2.04. The van der Waals surface area contributed by atoms with Crippen LogP contribution in [0.4, 0.5) is 0 Å². The van der Waals surface area contributed by atoms with Crippen molar-refractivity contribution in [2.24, 2.45) is 0 Å². The lowest BCUT2D eigenvalue weighted by atomic mass is 10.6. The Bertz CT molecular complexity index is 170. The highest BCUT2D eigenvalue weighted by Crippen LogP contribution is 2.18. The van der Waals surface area contributed by atoms with E-state index in [2.05, 4.69) is 0 Å². The van der Waals surface area contributed by atoms with Crippen LogP contribution in [-0.4, -0.2) is 19.4 Å². The molecule has 0 bridgehead atoms. The molecule has 62 valence electrons. The van der Waals surface area contributed by atoms with Crippen molar-refractivity contribution < 1.29 is 8.42 Å². The van der Waals surface area contributed by atoms with Gasteiger partial charge in [-0.1, -0.05) is 6.92 Å². The lowest BCUT2D eigenvalue weighted by molar-refractivity contribution is 0.602. The molecule has 2 nitrogen and oxygen atoms in total. The van der Waals surface area contributed by atoms with E-state index < -0.39 is 8.87 Å². The summed E-state index contributed by atoms with van der Waals surface area (Å²) in [6.45, 7) is 5.39. The quantitative estimate of drug-likeness (QED) is 0.622. The van der Waals surface area contributed by atoms with E-state index in [0.29, 0.717) is 5.75 Å². The minimum Gasteiger partial charge on any atom is -0.217 e. The number of hydrogen-bond donors (Lipinski definition) is 0. The average molecular weight is 182 g/mol. The van der Waals surface area contributed by atoms with E-state index in [9.17, 15) is 8.42 Å². The summed E-state index contributed by atoms with van der Waals surface area (Å²) in [5, 5.41) is -0.246. The van der Waals surface area contributed by atoms with Crippen molar-refractivity contribution in [3.05, 3.63) is 0 Å². The monoisotopic (exact) mass is 182 g/mol. The van der Waals surface area contributed by atoms with Crippen LogP contribution in [0, 0.1) is 0 Å². The molecular weight excluding hydrogens is 168 g/mol. The summed E-state index contributed by atoms with van der Waals surface area (Å²) in [5.74, 6) is 0.709. The SMILES string of the molecule is CCCSS(=O)(=O)C(C)C. The summed E-state index contributed by atoms with van der Waals surface area (Å²) >= 11 is 0. The Hall–Kier alpha value is 0.300. The predicted molar refractivity (Wildman–Crippen MR) is 46.8 cm³/mol. The van der Waals surface area contributed by atoms with Crippen molar-refractivity contribution in [2.45, 2.75) is 32.4 Å². The molecule has 0 aromatic rings. The average Bonchev–Trinajstić information content (AvgIpc) is 1.84. The van der Waals surface area contributed by atoms with Gasteiger partial charge in [-0.3, -0.25) is 0 Å². The van der Waals surface area contributed by atoms with Gasteiger partial charge in [-0.15, -0.1) is 0 Å². The lowest BCUT2D eigenvalue weighted by Crippen LogP contribution is -2.09. The van der Waals surface area contributed by atoms with Crippen molar-refractivity contribution in [3.63, 3.8) is 0 Å². The van der Waals surface area contributed by atoms with Crippen LogP contribution in [0.3, 0.4) is 0 Å². The van der Waals surface area contributed by atoms with Gasteiger partial charge in [0.05, 0.1) is 5.25 Å². The predicted octanol–water partition coefficient (Wildman–Crippen LogP) is 1.87. The van der Waals surface area contributed by atoms with Crippen LogP contribution in [-0.2, 0) is 8.87 Å². The Morgan fingerprint density at radius 1 is 1.40 bits per heavy atom. The highest BCUT2D eigenvalue weighted by atomic mass is 33.1. The highest BCUT2D eigenvalue weighted by Gasteiger charge is 2.15. The molecule has 0 radical (unpaired) electrons. The van der Waals surface area contributed by atoms with Crippen LogP contribution < -0.4 is 0 Å². The Morgan fingerprint density at radius 2 is 1.90 bits per heavy atom. The summed E-state index contributed by atoms with van der Waals surface area (Å²) in [6, 6.07) is 0. The largest absolute Gasteiger partial charge is 0.217 e. The van der Waals surface area contributed by atoms with Gasteiger partial charge in [0, 0.05) is 5.75 Å². The van der Waals surface area contributed by atoms with Gasteiger partial charge in [-0.25, -0.2) is 8.42 Å². The maximum atomic E-state index is 11.1. The van der Waals surface area contributed by atoms with Crippen LogP contribution >= 0.6 is 10.8 Å². The molecule has 0 aliphatic carbocycles. The summed E-state index contributed by atoms with van der Waals surface area (Å²) in [5.41, 5.74) is 0. The van der Waals surface area contributed by atoms with Crippen LogP contribution in [0.15, 0.2) is 0 Å². The van der Waals surface area contributed by atoms with Gasteiger partial charge in [0.15, 0.2) is 0 Å². The van der Waals surface area contributed by atoms with Crippen molar-refractivity contribution in [1.82, 2.24) is 0 Å². The Morgan fingerprint density at radius 3 is 2.20 bits per heavy atom. The first-order valence-corrected chi connectivity index (χ1v) is 6.43. The molecule has 0 aromatic carbocycles. The third-order valence-electron chi connectivity index (χ3n) is 1.03. The first-order chi connectivity index (χ1) is 4.50. The van der Waals surface area contributed by atoms with E-state index in [4.69, 9.17) is 0 Å². The van der Waals surface area contributed by atoms with E-state index in [0.717, 1.165) is 17.2 Å². The zero-order valence-electron chi connectivity index (χ0n) is 6.62. The molecule has 10 heavy (non-hydrogen) atoms. The van der Waals surface area contributed by atoms with Crippen molar-refractivity contribution in [1.29, 1.82) is 0 Å². The minimum absolute atomic E-state index is 0.246. The summed E-state index contributed by atoms with van der Waals surface area (Å²) in [7, 11) is -1.78. The molecule has 0 unspecified atom stereocenters. The van der Waals surface area contributed by atoms with E-state index in [1.54, 1.807) is 13.8 Å². The molecule has 0 amide bonds. The van der Waals surface area contributed by atoms with Crippen molar-refractivity contribution in [3.8, 4) is 0 Å². The molecule has 0 rings (SSSR count). The van der Waals surface area contributed by atoms with E-state index >= 15 is 0 Å². The third kappa shape index (κ3) is 3.46. The van der Waals surface area contributed by atoms with E-state index in [-0.39, 0.29) is 5.25 Å². The molecule has 0 fully saturated rings. The van der Waals surface area contributed by atoms with Gasteiger partial charge < -0.3 is 0 Å². The maximum absolute atomic E-state index is 11.1. The molecule has 0 heterocycles. The Labute approximate surface area is 66.7 Å². The Balaban J connectivity index is 3.90. The van der Waals surface area contributed by atoms with Crippen LogP contribution in [0.1, 0.15) is 27.2 Å². The minimum atomic E-state index is -2.84. The van der Waals surface area contributed by atoms with Gasteiger partial charge in [-0.05, 0) is 31.1 Å². The number of rotatable bonds is 4. The molecule has 4 heteroatoms. The molecule has 0 aliphatic heterocycles. The summed E-state index contributed by atoms with van der Waals surface area (Å²) in [4.78, 5) is 0. The van der Waals surface area contributed by atoms with Crippen LogP contribution in [0.5, 0.6) is 0 Å². The van der Waals surface area contributed by atoms with Crippen molar-refractivity contribution >= 4 is 19.7 Å². The summed E-state index contributed by atoms with van der Waals surface area (Å²) in [6.07, 6.45) is 0.913. The molecule has 0 aliphatic rings. The van der Waals surface area contributed by atoms with Gasteiger partial charge in [0.1, 0.15) is 0 Å². The van der Waals surface area contributed by atoms with Gasteiger partial charge in [0.2, 0.25) is 8.87 Å².